The highest BCUT2D eigenvalue weighted by Crippen LogP contribution is 2.41. The van der Waals surface area contributed by atoms with Crippen LogP contribution in [0.5, 0.6) is 0 Å². The van der Waals surface area contributed by atoms with Crippen molar-refractivity contribution in [3.05, 3.63) is 34.2 Å². The maximum absolute atomic E-state index is 12.7. The van der Waals surface area contributed by atoms with E-state index in [-0.39, 0.29) is 16.9 Å². The predicted molar refractivity (Wildman–Crippen MR) is 101 cm³/mol. The van der Waals surface area contributed by atoms with E-state index < -0.39 is 0 Å². The van der Waals surface area contributed by atoms with Crippen LogP contribution >= 0.6 is 0 Å². The first-order valence-corrected chi connectivity index (χ1v) is 9.92. The fourth-order valence-corrected chi connectivity index (χ4v) is 4.86. The van der Waals surface area contributed by atoms with Gasteiger partial charge in [-0.2, -0.15) is 0 Å². The van der Waals surface area contributed by atoms with Gasteiger partial charge in [0.2, 0.25) is 11.5 Å². The van der Waals surface area contributed by atoms with E-state index in [0.717, 1.165) is 45.3 Å². The highest BCUT2D eigenvalue weighted by Gasteiger charge is 2.44. The number of nitrogens with zero attached hydrogens (tertiary/aromatic N) is 3. The van der Waals surface area contributed by atoms with E-state index in [1.807, 2.05) is 4.90 Å². The molecule has 27 heavy (non-hydrogen) atoms. The van der Waals surface area contributed by atoms with Gasteiger partial charge >= 0.3 is 0 Å². The average Bonchev–Trinajstić information content (AvgIpc) is 3.11. The minimum atomic E-state index is -0.200. The predicted octanol–water partition coefficient (Wildman–Crippen LogP) is 0.924. The molecule has 2 amide bonds. The maximum Gasteiger partial charge on any atom is 0.255 e. The van der Waals surface area contributed by atoms with Crippen LogP contribution in [0.2, 0.25) is 0 Å². The summed E-state index contributed by atoms with van der Waals surface area (Å²) in [6.07, 6.45) is 6.00. The molecular weight excluding hydrogens is 344 g/mol. The number of hydrogen-bond donors (Lipinski definition) is 1. The number of aromatic amines is 1. The summed E-state index contributed by atoms with van der Waals surface area (Å²) in [5.41, 5.74) is 0.477. The molecule has 0 unspecified atom stereocenters. The Bertz CT molecular complexity index is 761. The van der Waals surface area contributed by atoms with E-state index in [0.29, 0.717) is 37.0 Å². The van der Waals surface area contributed by atoms with Crippen molar-refractivity contribution in [2.45, 2.75) is 38.1 Å². The van der Waals surface area contributed by atoms with Gasteiger partial charge in [0.1, 0.15) is 0 Å². The Morgan fingerprint density at radius 2 is 1.93 bits per heavy atom. The summed E-state index contributed by atoms with van der Waals surface area (Å²) in [5, 5.41) is 0. The minimum Gasteiger partial charge on any atom is -0.339 e. The smallest absolute Gasteiger partial charge is 0.255 e. The molecule has 1 N–H and O–H groups in total. The third kappa shape index (κ3) is 3.65. The van der Waals surface area contributed by atoms with Crippen LogP contribution in [0, 0.1) is 5.41 Å². The second kappa shape index (κ2) is 7.11. The second-order valence-electron chi connectivity index (χ2n) is 8.46. The van der Waals surface area contributed by atoms with Gasteiger partial charge in [0, 0.05) is 50.9 Å². The number of aromatic nitrogens is 1. The summed E-state index contributed by atoms with van der Waals surface area (Å²) < 4.78 is 0. The number of carbonyl (C=O) groups excluding carboxylic acids is 2. The maximum atomic E-state index is 12.7. The number of piperidine rings is 2. The first-order chi connectivity index (χ1) is 13.0. The van der Waals surface area contributed by atoms with Gasteiger partial charge < -0.3 is 19.7 Å². The normalized spacial score (nSPS) is 26.0. The van der Waals surface area contributed by atoms with Gasteiger partial charge in [-0.15, -0.1) is 0 Å². The second-order valence-corrected chi connectivity index (χ2v) is 8.46. The molecule has 4 rings (SSSR count). The van der Waals surface area contributed by atoms with Gasteiger partial charge in [-0.25, -0.2) is 0 Å². The highest BCUT2D eigenvalue weighted by molar-refractivity contribution is 5.93. The molecule has 7 nitrogen and oxygen atoms in total. The van der Waals surface area contributed by atoms with Crippen LogP contribution < -0.4 is 5.56 Å². The molecule has 0 aromatic carbocycles. The summed E-state index contributed by atoms with van der Waals surface area (Å²) in [6.45, 7) is 4.29. The summed E-state index contributed by atoms with van der Waals surface area (Å²) in [5.74, 6) is 0.273. The van der Waals surface area contributed by atoms with E-state index in [4.69, 9.17) is 0 Å². The lowest BCUT2D eigenvalue weighted by atomic mass is 9.72. The molecule has 7 heteroatoms. The molecule has 1 aromatic heterocycles. The first-order valence-electron chi connectivity index (χ1n) is 9.92. The standard InChI is InChI=1S/C20H28N4O3/c1-22-9-5-16(13-22)24-14-20(6-4-18(24)26)7-10-23(11-8-20)19(27)15-2-3-17(25)21-12-15/h2-3,12,16H,4-11,13-14H2,1H3,(H,21,25)/t16-/m0/s1. The van der Waals surface area contributed by atoms with Gasteiger partial charge in [0.25, 0.3) is 5.91 Å². The molecule has 1 atom stereocenters. The zero-order valence-corrected chi connectivity index (χ0v) is 15.9. The number of amides is 2. The molecule has 4 heterocycles. The fourth-order valence-electron chi connectivity index (χ4n) is 4.86. The van der Waals surface area contributed by atoms with Crippen LogP contribution in [0.15, 0.2) is 23.1 Å². The Morgan fingerprint density at radius 3 is 2.56 bits per heavy atom. The quantitative estimate of drug-likeness (QED) is 0.838. The van der Waals surface area contributed by atoms with E-state index in [2.05, 4.69) is 21.8 Å². The van der Waals surface area contributed by atoms with Gasteiger partial charge in [0.15, 0.2) is 0 Å². The third-order valence-electron chi connectivity index (χ3n) is 6.64. The molecule has 0 saturated carbocycles. The molecule has 146 valence electrons. The van der Waals surface area contributed by atoms with Crippen molar-refractivity contribution in [1.29, 1.82) is 0 Å². The molecule has 3 saturated heterocycles. The fraction of sp³-hybridized carbons (Fsp3) is 0.650. The van der Waals surface area contributed by atoms with Crippen molar-refractivity contribution in [2.24, 2.45) is 5.41 Å². The van der Waals surface area contributed by atoms with Crippen LogP contribution in [0.1, 0.15) is 42.5 Å². The minimum absolute atomic E-state index is 0.0257. The first kappa shape index (κ1) is 18.2. The average molecular weight is 372 g/mol. The lowest BCUT2D eigenvalue weighted by Crippen LogP contribution is -2.55. The van der Waals surface area contributed by atoms with Crippen molar-refractivity contribution >= 4 is 11.8 Å². The summed E-state index contributed by atoms with van der Waals surface area (Å²) in [4.78, 5) is 45.3. The Labute approximate surface area is 159 Å². The monoisotopic (exact) mass is 372 g/mol. The van der Waals surface area contributed by atoms with Crippen molar-refractivity contribution in [2.75, 3.05) is 39.8 Å². The van der Waals surface area contributed by atoms with Crippen LogP contribution in [0.4, 0.5) is 0 Å². The molecule has 3 fully saturated rings. The largest absolute Gasteiger partial charge is 0.339 e. The van der Waals surface area contributed by atoms with E-state index in [1.54, 1.807) is 6.07 Å². The molecule has 0 aliphatic carbocycles. The number of rotatable bonds is 2. The number of nitrogens with one attached hydrogen (secondary N) is 1. The van der Waals surface area contributed by atoms with Crippen LogP contribution in [-0.2, 0) is 4.79 Å². The lowest BCUT2D eigenvalue weighted by Gasteiger charge is -2.49. The molecule has 3 aliphatic rings. The van der Waals surface area contributed by atoms with Gasteiger partial charge in [-0.3, -0.25) is 14.4 Å². The SMILES string of the molecule is CN1CC[C@H](N2CC3(CCC2=O)CCN(C(=O)c2ccc(=O)[nH]c2)CC3)C1. The van der Waals surface area contributed by atoms with Crippen molar-refractivity contribution in [3.63, 3.8) is 0 Å². The number of likely N-dealkylation sites (tertiary alicyclic amines) is 3. The molecule has 0 bridgehead atoms. The van der Waals surface area contributed by atoms with Gasteiger partial charge in [-0.05, 0) is 50.8 Å². The number of likely N-dealkylation sites (N-methyl/N-ethyl adjacent to an activating group) is 1. The zero-order chi connectivity index (χ0) is 19.0. The van der Waals surface area contributed by atoms with Crippen molar-refractivity contribution in [3.8, 4) is 0 Å². The number of hydrogen-bond acceptors (Lipinski definition) is 4. The molecular formula is C20H28N4O3. The molecule has 1 aromatic rings. The molecule has 0 radical (unpaired) electrons. The van der Waals surface area contributed by atoms with E-state index >= 15 is 0 Å². The Kier molecular flexibility index (Phi) is 4.80. The third-order valence-corrected chi connectivity index (χ3v) is 6.64. The van der Waals surface area contributed by atoms with Crippen LogP contribution in [-0.4, -0.2) is 77.3 Å². The van der Waals surface area contributed by atoms with E-state index in [1.165, 1.54) is 12.3 Å². The number of carbonyl (C=O) groups is 2. The summed E-state index contributed by atoms with van der Waals surface area (Å²) >= 11 is 0. The van der Waals surface area contributed by atoms with Crippen molar-refractivity contribution < 1.29 is 9.59 Å². The Hall–Kier alpha value is -2.15. The van der Waals surface area contributed by atoms with Gasteiger partial charge in [-0.1, -0.05) is 0 Å². The Balaban J connectivity index is 1.40. The number of H-pyrrole nitrogens is 1. The van der Waals surface area contributed by atoms with E-state index in [9.17, 15) is 14.4 Å². The molecule has 1 spiro atoms. The topological polar surface area (TPSA) is 76.7 Å². The summed E-state index contributed by atoms with van der Waals surface area (Å²) in [6, 6.07) is 3.32. The summed E-state index contributed by atoms with van der Waals surface area (Å²) in [7, 11) is 2.12. The molecule has 3 aliphatic heterocycles. The number of pyridine rings is 1. The Morgan fingerprint density at radius 1 is 1.15 bits per heavy atom. The van der Waals surface area contributed by atoms with Crippen molar-refractivity contribution in [1.82, 2.24) is 19.7 Å². The van der Waals surface area contributed by atoms with Gasteiger partial charge in [0.05, 0.1) is 5.56 Å². The highest BCUT2D eigenvalue weighted by atomic mass is 16.2. The van der Waals surface area contributed by atoms with Crippen LogP contribution in [0.3, 0.4) is 0 Å². The zero-order valence-electron chi connectivity index (χ0n) is 15.9. The lowest BCUT2D eigenvalue weighted by molar-refractivity contribution is -0.141. The van der Waals surface area contributed by atoms with Crippen LogP contribution in [0.25, 0.3) is 0 Å².